The first-order chi connectivity index (χ1) is 52.6. The number of alkyl halides is 8. The zero-order chi connectivity index (χ0) is 82.8. The van der Waals surface area contributed by atoms with Gasteiger partial charge >= 0.3 is 12.4 Å². The fourth-order valence-electron chi connectivity index (χ4n) is 16.2. The molecule has 0 unspecified atom stereocenters. The summed E-state index contributed by atoms with van der Waals surface area (Å²) >= 11 is 0. The smallest absolute Gasteiger partial charge is 0.370 e. The lowest BCUT2D eigenvalue weighted by molar-refractivity contribution is -0.158. The minimum Gasteiger partial charge on any atom is -0.370 e. The van der Waals surface area contributed by atoms with Crippen LogP contribution in [0, 0.1) is 29.4 Å². The molecular formula is C77H104F10N12O13. The van der Waals surface area contributed by atoms with Crippen molar-refractivity contribution in [1.82, 2.24) is 60.0 Å². The fraction of sp³-hybridized carbons (Fsp3) is 0.662. The number of aryl methyl sites for hydroxylation is 1. The van der Waals surface area contributed by atoms with Crippen LogP contribution in [0.4, 0.5) is 43.9 Å². The lowest BCUT2D eigenvalue weighted by atomic mass is 9.74. The predicted molar refractivity (Wildman–Crippen MR) is 386 cm³/mol. The topological polar surface area (TPSA) is 279 Å². The predicted octanol–water partition coefficient (Wildman–Crippen LogP) is 6.52. The molecule has 3 N–H and O–H groups in total. The molecule has 1 spiro atoms. The van der Waals surface area contributed by atoms with E-state index in [1.54, 1.807) is 26.0 Å². The highest BCUT2D eigenvalue weighted by Crippen LogP contribution is 2.40. The van der Waals surface area contributed by atoms with Crippen LogP contribution in [-0.2, 0) is 87.5 Å². The number of carbonyl (C=O) groups excluding carboxylic acids is 12. The molecule has 3 aliphatic carbocycles. The molecule has 2 aromatic rings. The number of rotatable bonds is 14. The van der Waals surface area contributed by atoms with Crippen molar-refractivity contribution in [1.29, 1.82) is 0 Å². The Bertz CT molecular complexity index is 3770. The monoisotopic (exact) mass is 1590 g/mol. The summed E-state index contributed by atoms with van der Waals surface area (Å²) in [5, 5.41) is 8.07. The zero-order valence-corrected chi connectivity index (χ0v) is 64.9. The Morgan fingerprint density at radius 1 is 0.643 bits per heavy atom. The van der Waals surface area contributed by atoms with Gasteiger partial charge in [-0.3, -0.25) is 57.5 Å². The minimum atomic E-state index is -5.51. The van der Waals surface area contributed by atoms with E-state index in [2.05, 4.69) is 16.0 Å². The number of hydrogen-bond acceptors (Lipinski definition) is 13. The zero-order valence-electron chi connectivity index (χ0n) is 64.9. The average molecular weight is 1600 g/mol. The van der Waals surface area contributed by atoms with E-state index in [4.69, 9.17) is 4.74 Å². The Morgan fingerprint density at radius 3 is 1.83 bits per heavy atom. The van der Waals surface area contributed by atoms with E-state index in [-0.39, 0.29) is 63.0 Å². The Morgan fingerprint density at radius 2 is 1.26 bits per heavy atom. The number of halogens is 10. The summed E-state index contributed by atoms with van der Waals surface area (Å²) in [5.74, 6) is -16.3. The first-order valence-corrected chi connectivity index (χ1v) is 38.2. The van der Waals surface area contributed by atoms with Gasteiger partial charge in [-0.2, -0.15) is 26.3 Å². The highest BCUT2D eigenvalue weighted by Gasteiger charge is 2.55. The van der Waals surface area contributed by atoms with E-state index in [0.29, 0.717) is 57.1 Å². The normalized spacial score (nSPS) is 26.5. The van der Waals surface area contributed by atoms with Gasteiger partial charge in [0.1, 0.15) is 77.7 Å². The molecule has 2 saturated heterocycles. The molecule has 0 aromatic heterocycles. The van der Waals surface area contributed by atoms with Gasteiger partial charge in [0.2, 0.25) is 70.9 Å². The molecule has 2 aromatic carbocycles. The Balaban J connectivity index is 1.24. The van der Waals surface area contributed by atoms with E-state index in [0.717, 1.165) is 78.5 Å². The summed E-state index contributed by atoms with van der Waals surface area (Å²) in [6.07, 6.45) is -9.39. The van der Waals surface area contributed by atoms with Crippen LogP contribution in [0.5, 0.6) is 0 Å². The highest BCUT2D eigenvalue weighted by molar-refractivity contribution is 6.01. The summed E-state index contributed by atoms with van der Waals surface area (Å²) in [5.41, 5.74) is -5.62. The molecule has 6 aliphatic rings. The summed E-state index contributed by atoms with van der Waals surface area (Å²) < 4.78 is 148. The first-order valence-electron chi connectivity index (χ1n) is 38.2. The van der Waals surface area contributed by atoms with E-state index >= 15 is 47.1 Å². The molecule has 3 saturated carbocycles. The minimum absolute atomic E-state index is 0.0623. The number of benzene rings is 2. The second-order valence-electron chi connectivity index (χ2n) is 31.0. The standard InChI is InChI=1S/C77H104F10N12O13/c1-11-44(2)63-72(109)93(6)42-61(102)94(7)53-24-13-12-18-34-98(71(53)108)56(39-46-25-28-49(29-26-46)76(82,83)84)70(107)92(5)41-59(100)88-52(30-27-47-36-50(78)62(51(79)37-47)77(85,86)87)68(105)99-35-31-57(112-43-58(80)81)65(99)67(104)90-75(32-19-33-75)74(111)97(10)64(48-22-16-17-23-48)73(110)96(9)55(69(106)91(3)4)40-60(101)95(8)54(66(103)89-63)38-45-20-14-15-21-45/h12-13,25-26,28-29,36-37,44-45,48,52-58,63-65H,11,14-24,27,30-35,38-43H2,1-10H3,(H,88,100)(H,89,103)(H,90,104)/b13-12-/t44-,52-,53+,54-,55-,56-,57-,63-,64-,65-/m0/s1. The fourth-order valence-corrected chi connectivity index (χ4v) is 16.2. The van der Waals surface area contributed by atoms with Gasteiger partial charge in [-0.15, -0.1) is 0 Å². The molecule has 3 heterocycles. The lowest BCUT2D eigenvalue weighted by Crippen LogP contribution is -2.69. The number of ether oxygens (including phenoxy) is 1. The van der Waals surface area contributed by atoms with Gasteiger partial charge in [0, 0.05) is 75.9 Å². The summed E-state index contributed by atoms with van der Waals surface area (Å²) in [7, 11) is 10.5. The van der Waals surface area contributed by atoms with Crippen LogP contribution in [0.1, 0.15) is 152 Å². The van der Waals surface area contributed by atoms with Crippen molar-refractivity contribution in [2.24, 2.45) is 17.8 Å². The second-order valence-corrected chi connectivity index (χ2v) is 31.0. The van der Waals surface area contributed by atoms with Crippen molar-refractivity contribution in [2.45, 2.75) is 221 Å². The first kappa shape index (κ1) is 88.6. The van der Waals surface area contributed by atoms with Crippen molar-refractivity contribution < 1.29 is 106 Å². The van der Waals surface area contributed by atoms with Crippen LogP contribution in [0.25, 0.3) is 0 Å². The Labute approximate surface area is 645 Å². The largest absolute Gasteiger partial charge is 0.422 e. The maximum absolute atomic E-state index is 15.6. The molecule has 12 amide bonds. The number of amides is 12. The molecule has 620 valence electrons. The third kappa shape index (κ3) is 21.1. The number of carbonyl (C=O) groups is 12. The van der Waals surface area contributed by atoms with E-state index < -0.39 is 242 Å². The summed E-state index contributed by atoms with van der Waals surface area (Å²) in [6, 6.07) is -8.37. The van der Waals surface area contributed by atoms with Crippen molar-refractivity contribution >= 4 is 70.9 Å². The van der Waals surface area contributed by atoms with Crippen molar-refractivity contribution in [3.63, 3.8) is 0 Å². The SMILES string of the molecule is CC[C@H](C)[C@@H]1NC(=O)[C@H](CC2CCCC2)N(C)C(=O)C[C@@H](C(=O)N(C)C)N(C)C(=O)[C@H](C2CCCC2)N(C)C(=O)C2(CCC2)NC(=O)[C@@H]2[C@@H](OCC(F)F)CCN2C(=O)[C@H](CCc2cc(F)c(C(F)(F)F)c(F)c2)NC(=O)CN(C)C(=O)[C@H](Cc2ccc(C(F)(F)F)cc2)N2CC/C=C\C[C@H](C2=O)N(C)C(=O)CN(C)C1=O. The van der Waals surface area contributed by atoms with Gasteiger partial charge in [-0.25, -0.2) is 17.6 Å². The number of nitrogens with one attached hydrogen (secondary N) is 3. The third-order valence-corrected chi connectivity index (χ3v) is 23.1. The van der Waals surface area contributed by atoms with Gasteiger partial charge < -0.3 is 64.8 Å². The molecule has 112 heavy (non-hydrogen) atoms. The quantitative estimate of drug-likeness (QED) is 0.134. The average Bonchev–Trinajstić information content (AvgIpc) is 1.30. The lowest BCUT2D eigenvalue weighted by Gasteiger charge is -2.47. The summed E-state index contributed by atoms with van der Waals surface area (Å²) in [4.78, 5) is 191. The van der Waals surface area contributed by atoms with Gasteiger partial charge in [0.05, 0.1) is 31.2 Å². The molecule has 35 heteroatoms. The van der Waals surface area contributed by atoms with Crippen LogP contribution < -0.4 is 16.0 Å². The maximum Gasteiger partial charge on any atom is 0.422 e. The number of nitrogens with zero attached hydrogens (tertiary/aromatic N) is 9. The summed E-state index contributed by atoms with van der Waals surface area (Å²) in [6.45, 7) is -0.378. The van der Waals surface area contributed by atoms with Gasteiger partial charge in [-0.05, 0) is 124 Å². The number of fused-ring (bicyclic) bond motifs is 3. The van der Waals surface area contributed by atoms with Gasteiger partial charge in [0.25, 0.3) is 6.43 Å². The van der Waals surface area contributed by atoms with Crippen LogP contribution in [0.3, 0.4) is 0 Å². The van der Waals surface area contributed by atoms with Crippen molar-refractivity contribution in [3.05, 3.63) is 82.4 Å². The number of likely N-dealkylation sites (N-methyl/N-ethyl adjacent to an activating group) is 7. The molecule has 2 bridgehead atoms. The van der Waals surface area contributed by atoms with Crippen LogP contribution >= 0.6 is 0 Å². The molecule has 0 radical (unpaired) electrons. The molecular weight excluding hydrogens is 1490 g/mol. The van der Waals surface area contributed by atoms with E-state index in [9.17, 15) is 54.3 Å². The molecule has 25 nitrogen and oxygen atoms in total. The van der Waals surface area contributed by atoms with E-state index in [1.807, 2.05) is 0 Å². The van der Waals surface area contributed by atoms with Gasteiger partial charge in [0.15, 0.2) is 0 Å². The van der Waals surface area contributed by atoms with E-state index in [1.165, 1.54) is 59.1 Å². The van der Waals surface area contributed by atoms with Crippen LogP contribution in [-0.4, -0.2) is 271 Å². The van der Waals surface area contributed by atoms with Gasteiger partial charge in [-0.1, -0.05) is 83.1 Å². The number of hydrogen-bond donors (Lipinski definition) is 3. The highest BCUT2D eigenvalue weighted by atomic mass is 19.4. The van der Waals surface area contributed by atoms with Crippen LogP contribution in [0.15, 0.2) is 48.6 Å². The Hall–Kier alpha value is -8.92. The van der Waals surface area contributed by atoms with Crippen LogP contribution in [0.2, 0.25) is 0 Å². The Kier molecular flexibility index (Phi) is 29.9. The molecule has 8 rings (SSSR count). The molecule has 3 aliphatic heterocycles. The molecule has 10 atom stereocenters. The van der Waals surface area contributed by atoms with Crippen molar-refractivity contribution in [3.8, 4) is 0 Å². The second kappa shape index (κ2) is 37.8. The maximum atomic E-state index is 15.6. The molecule has 5 fully saturated rings. The third-order valence-electron chi connectivity index (χ3n) is 23.1. The van der Waals surface area contributed by atoms with Crippen molar-refractivity contribution in [2.75, 3.05) is 89.2 Å².